The molecular weight excluding hydrogens is 348 g/mol. The van der Waals surface area contributed by atoms with Crippen LogP contribution in [0.1, 0.15) is 24.4 Å². The Morgan fingerprint density at radius 2 is 1.89 bits per heavy atom. The molecule has 0 aromatic carbocycles. The first-order valence-electron chi connectivity index (χ1n) is 9.54. The molecule has 3 amide bonds. The van der Waals surface area contributed by atoms with Gasteiger partial charge in [0.15, 0.2) is 0 Å². The number of amidine groups is 1. The highest BCUT2D eigenvalue weighted by Gasteiger charge is 2.53. The van der Waals surface area contributed by atoms with E-state index in [1.807, 2.05) is 18.4 Å². The summed E-state index contributed by atoms with van der Waals surface area (Å²) in [7, 11) is 1.70. The first-order valence-corrected chi connectivity index (χ1v) is 9.54. The summed E-state index contributed by atoms with van der Waals surface area (Å²) in [5.41, 5.74) is 2.11. The number of fused-ring (bicyclic) bond motifs is 3. The van der Waals surface area contributed by atoms with E-state index < -0.39 is 6.04 Å². The van der Waals surface area contributed by atoms with E-state index in [1.165, 1.54) is 9.80 Å². The second kappa shape index (κ2) is 6.72. The predicted octanol–water partition coefficient (Wildman–Crippen LogP) is 0.223. The quantitative estimate of drug-likeness (QED) is 0.706. The number of amides is 3. The van der Waals surface area contributed by atoms with E-state index in [2.05, 4.69) is 21.4 Å². The Morgan fingerprint density at radius 3 is 2.56 bits per heavy atom. The van der Waals surface area contributed by atoms with Crippen molar-refractivity contribution in [1.29, 1.82) is 0 Å². The first kappa shape index (κ1) is 18.1. The third kappa shape index (κ3) is 2.68. The van der Waals surface area contributed by atoms with E-state index in [4.69, 9.17) is 4.74 Å². The molecule has 2 fully saturated rings. The molecule has 0 spiro atoms. The Bertz CT molecular complexity index is 824. The number of hydrogen-bond donors (Lipinski definition) is 0. The van der Waals surface area contributed by atoms with Crippen LogP contribution < -0.4 is 4.57 Å². The average Bonchev–Trinajstić information content (AvgIpc) is 3.17. The van der Waals surface area contributed by atoms with Gasteiger partial charge in [0.05, 0.1) is 19.8 Å². The van der Waals surface area contributed by atoms with Crippen molar-refractivity contribution >= 4 is 23.7 Å². The fourth-order valence-corrected chi connectivity index (χ4v) is 4.15. The van der Waals surface area contributed by atoms with Crippen LogP contribution in [0.4, 0.5) is 10.7 Å². The summed E-state index contributed by atoms with van der Waals surface area (Å²) in [6, 6.07) is -0.856. The number of aliphatic imine (C=N–C) groups is 1. The van der Waals surface area contributed by atoms with Crippen LogP contribution in [0.15, 0.2) is 4.99 Å². The Kier molecular flexibility index (Phi) is 4.51. The van der Waals surface area contributed by atoms with Gasteiger partial charge in [0.2, 0.25) is 11.9 Å². The predicted molar refractivity (Wildman–Crippen MR) is 98.0 cm³/mol. The molecular formula is C18H27N6O3+. The number of morpholine rings is 1. The van der Waals surface area contributed by atoms with Gasteiger partial charge >= 0.3 is 12.0 Å². The van der Waals surface area contributed by atoms with Crippen LogP contribution in [-0.2, 0) is 16.1 Å². The SMILES string of the molecule is CC[n+]1c(C)c(C)n2c1N=C1C2C(=O)N(CCN2CCOCC2)C(=O)N1C. The van der Waals surface area contributed by atoms with Crippen molar-refractivity contribution in [3.05, 3.63) is 11.4 Å². The summed E-state index contributed by atoms with van der Waals surface area (Å²) >= 11 is 0. The lowest BCUT2D eigenvalue weighted by Gasteiger charge is -2.35. The van der Waals surface area contributed by atoms with E-state index in [-0.39, 0.29) is 11.9 Å². The fraction of sp³-hybridized carbons (Fsp3) is 0.667. The van der Waals surface area contributed by atoms with E-state index >= 15 is 0 Å². The second-order valence-corrected chi connectivity index (χ2v) is 7.24. The number of ether oxygens (including phenoxy) is 1. The number of likely N-dealkylation sites (N-methyl/N-ethyl adjacent to an activating group) is 1. The Morgan fingerprint density at radius 1 is 1.19 bits per heavy atom. The largest absolute Gasteiger partial charge is 0.402 e. The maximum absolute atomic E-state index is 13.3. The lowest BCUT2D eigenvalue weighted by Crippen LogP contribution is -2.59. The van der Waals surface area contributed by atoms with E-state index in [0.717, 1.165) is 37.0 Å². The third-order valence-corrected chi connectivity index (χ3v) is 5.89. The smallest absolute Gasteiger partial charge is 0.379 e. The highest BCUT2D eigenvalue weighted by Crippen LogP contribution is 2.35. The van der Waals surface area contributed by atoms with Crippen molar-refractivity contribution in [2.75, 3.05) is 46.4 Å². The van der Waals surface area contributed by atoms with E-state index in [0.29, 0.717) is 32.1 Å². The number of aromatic nitrogens is 2. The molecule has 0 aliphatic carbocycles. The van der Waals surface area contributed by atoms with Gasteiger partial charge in [0, 0.05) is 33.2 Å². The van der Waals surface area contributed by atoms with Gasteiger partial charge in [-0.05, 0) is 20.8 Å². The zero-order valence-corrected chi connectivity index (χ0v) is 16.4. The van der Waals surface area contributed by atoms with Crippen LogP contribution in [0.25, 0.3) is 0 Å². The number of rotatable bonds is 4. The topological polar surface area (TPSA) is 74.3 Å². The molecule has 3 aliphatic heterocycles. The van der Waals surface area contributed by atoms with Crippen molar-refractivity contribution in [2.24, 2.45) is 4.99 Å². The van der Waals surface area contributed by atoms with Crippen LogP contribution in [0.2, 0.25) is 0 Å². The van der Waals surface area contributed by atoms with Crippen molar-refractivity contribution < 1.29 is 18.9 Å². The minimum absolute atomic E-state index is 0.190. The minimum atomic E-state index is -0.557. The molecule has 4 rings (SSSR count). The number of imide groups is 1. The number of carbonyl (C=O) groups excluding carboxylic acids is 2. The van der Waals surface area contributed by atoms with Gasteiger partial charge in [0.25, 0.3) is 5.91 Å². The highest BCUT2D eigenvalue weighted by molar-refractivity contribution is 6.20. The molecule has 2 saturated heterocycles. The Labute approximate surface area is 158 Å². The molecule has 146 valence electrons. The van der Waals surface area contributed by atoms with Crippen molar-refractivity contribution in [3.63, 3.8) is 0 Å². The van der Waals surface area contributed by atoms with Gasteiger partial charge in [-0.1, -0.05) is 4.99 Å². The number of nitrogens with zero attached hydrogens (tertiary/aromatic N) is 6. The first-order chi connectivity index (χ1) is 13.0. The summed E-state index contributed by atoms with van der Waals surface area (Å²) in [4.78, 5) is 35.9. The summed E-state index contributed by atoms with van der Waals surface area (Å²) in [5, 5.41) is 0. The van der Waals surface area contributed by atoms with Crippen molar-refractivity contribution in [1.82, 2.24) is 19.3 Å². The third-order valence-electron chi connectivity index (χ3n) is 5.89. The molecule has 0 saturated carbocycles. The maximum Gasteiger partial charge on any atom is 0.402 e. The Hall–Kier alpha value is -2.26. The molecule has 0 radical (unpaired) electrons. The van der Waals surface area contributed by atoms with Gasteiger partial charge < -0.3 is 4.74 Å². The molecule has 0 N–H and O–H groups in total. The summed E-state index contributed by atoms with van der Waals surface area (Å²) in [6.45, 7) is 11.0. The van der Waals surface area contributed by atoms with Crippen LogP contribution in [0.5, 0.6) is 0 Å². The standard InChI is InChI=1S/C18H27N6O3/c1-5-22-12(2)13(3)24-14-15(19-17(22)24)20(4)18(26)23(16(14)25)7-6-21-8-10-27-11-9-21/h14H,5-11H2,1-4H3/q+1. The molecule has 27 heavy (non-hydrogen) atoms. The van der Waals surface area contributed by atoms with Gasteiger partial charge in [-0.25, -0.2) is 13.9 Å². The van der Waals surface area contributed by atoms with Crippen LogP contribution in [0, 0.1) is 13.8 Å². The molecule has 9 heteroatoms. The monoisotopic (exact) mass is 375 g/mol. The van der Waals surface area contributed by atoms with Crippen LogP contribution in [-0.4, -0.2) is 83.5 Å². The molecule has 1 aromatic heterocycles. The lowest BCUT2D eigenvalue weighted by molar-refractivity contribution is -0.685. The molecule has 3 aliphatic rings. The van der Waals surface area contributed by atoms with Crippen LogP contribution in [0.3, 0.4) is 0 Å². The zero-order valence-electron chi connectivity index (χ0n) is 16.4. The lowest BCUT2D eigenvalue weighted by atomic mass is 10.1. The number of imidazole rings is 1. The normalized spacial score (nSPS) is 23.0. The number of hydrogen-bond acceptors (Lipinski definition) is 5. The molecule has 9 nitrogen and oxygen atoms in total. The zero-order chi connectivity index (χ0) is 19.3. The molecule has 4 heterocycles. The number of carbonyl (C=O) groups is 2. The Balaban J connectivity index is 1.63. The molecule has 1 aromatic rings. The van der Waals surface area contributed by atoms with Crippen LogP contribution >= 0.6 is 0 Å². The summed E-state index contributed by atoms with van der Waals surface area (Å²) < 4.78 is 9.43. The average molecular weight is 375 g/mol. The highest BCUT2D eigenvalue weighted by atomic mass is 16.5. The van der Waals surface area contributed by atoms with E-state index in [1.54, 1.807) is 7.05 Å². The molecule has 1 atom stereocenters. The minimum Gasteiger partial charge on any atom is -0.379 e. The van der Waals surface area contributed by atoms with Crippen molar-refractivity contribution in [3.8, 4) is 0 Å². The number of urea groups is 1. The maximum atomic E-state index is 13.3. The van der Waals surface area contributed by atoms with Gasteiger partial charge in [-0.2, -0.15) is 0 Å². The van der Waals surface area contributed by atoms with Gasteiger partial charge in [-0.15, -0.1) is 0 Å². The van der Waals surface area contributed by atoms with E-state index in [9.17, 15) is 9.59 Å². The second-order valence-electron chi connectivity index (χ2n) is 7.24. The van der Waals surface area contributed by atoms with Gasteiger partial charge in [-0.3, -0.25) is 19.5 Å². The fourth-order valence-electron chi connectivity index (χ4n) is 4.15. The van der Waals surface area contributed by atoms with Crippen molar-refractivity contribution in [2.45, 2.75) is 33.4 Å². The summed E-state index contributed by atoms with van der Waals surface area (Å²) in [5.74, 6) is 1.08. The van der Waals surface area contributed by atoms with Gasteiger partial charge in [0.1, 0.15) is 11.4 Å². The molecule has 0 bridgehead atoms. The summed E-state index contributed by atoms with van der Waals surface area (Å²) in [6.07, 6.45) is 0. The molecule has 1 unspecified atom stereocenters.